The van der Waals surface area contributed by atoms with Crippen molar-refractivity contribution >= 4 is 5.91 Å². The van der Waals surface area contributed by atoms with Gasteiger partial charge in [0.15, 0.2) is 0 Å². The van der Waals surface area contributed by atoms with Gasteiger partial charge >= 0.3 is 0 Å². The number of nitrogens with two attached hydrogens (primary N) is 1. The highest BCUT2D eigenvalue weighted by Crippen LogP contribution is 2.12. The lowest BCUT2D eigenvalue weighted by Crippen LogP contribution is -2.46. The lowest BCUT2D eigenvalue weighted by Gasteiger charge is -2.27. The standard InChI is InChI=1S/C10H13N3O2/c11-10(14)7-3-9(5-12-4-7)15-6-8-1-2-13-8/h3-5,8,13H,1-2,6H2,(H2,11,14). The van der Waals surface area contributed by atoms with Crippen LogP contribution in [-0.2, 0) is 0 Å². The highest BCUT2D eigenvalue weighted by atomic mass is 16.5. The van der Waals surface area contributed by atoms with Crippen LogP contribution in [0.2, 0.25) is 0 Å². The van der Waals surface area contributed by atoms with Crippen molar-refractivity contribution in [1.29, 1.82) is 0 Å². The van der Waals surface area contributed by atoms with Crippen molar-refractivity contribution < 1.29 is 9.53 Å². The van der Waals surface area contributed by atoms with Crippen LogP contribution in [0.15, 0.2) is 18.5 Å². The molecule has 0 radical (unpaired) electrons. The maximum Gasteiger partial charge on any atom is 0.250 e. The second-order valence-electron chi connectivity index (χ2n) is 3.52. The zero-order valence-electron chi connectivity index (χ0n) is 8.27. The molecular weight excluding hydrogens is 194 g/mol. The van der Waals surface area contributed by atoms with E-state index in [2.05, 4.69) is 10.3 Å². The number of carbonyl (C=O) groups excluding carboxylic acids is 1. The number of ether oxygens (including phenoxy) is 1. The molecule has 2 rings (SSSR count). The number of nitrogens with one attached hydrogen (secondary N) is 1. The van der Waals surface area contributed by atoms with E-state index in [4.69, 9.17) is 10.5 Å². The number of primary amides is 1. The lowest BCUT2D eigenvalue weighted by atomic mass is 10.1. The summed E-state index contributed by atoms with van der Waals surface area (Å²) >= 11 is 0. The minimum absolute atomic E-state index is 0.370. The van der Waals surface area contributed by atoms with Crippen molar-refractivity contribution in [2.45, 2.75) is 12.5 Å². The third kappa shape index (κ3) is 2.44. The summed E-state index contributed by atoms with van der Waals surface area (Å²) in [6.07, 6.45) is 4.13. The van der Waals surface area contributed by atoms with E-state index in [0.717, 1.165) is 13.0 Å². The van der Waals surface area contributed by atoms with Crippen LogP contribution in [0.4, 0.5) is 0 Å². The van der Waals surface area contributed by atoms with Crippen molar-refractivity contribution in [2.24, 2.45) is 5.73 Å². The second kappa shape index (κ2) is 4.27. The zero-order valence-corrected chi connectivity index (χ0v) is 8.27. The molecule has 1 aromatic heterocycles. The van der Waals surface area contributed by atoms with Gasteiger partial charge in [0, 0.05) is 12.2 Å². The number of rotatable bonds is 4. The molecule has 0 aliphatic carbocycles. The fourth-order valence-electron chi connectivity index (χ4n) is 1.32. The Morgan fingerprint density at radius 2 is 2.47 bits per heavy atom. The monoisotopic (exact) mass is 207 g/mol. The molecule has 1 fully saturated rings. The first kappa shape index (κ1) is 9.92. The van der Waals surface area contributed by atoms with Crippen LogP contribution in [0.5, 0.6) is 5.75 Å². The molecule has 1 saturated heterocycles. The van der Waals surface area contributed by atoms with E-state index < -0.39 is 5.91 Å². The topological polar surface area (TPSA) is 77.2 Å². The quantitative estimate of drug-likeness (QED) is 0.724. The van der Waals surface area contributed by atoms with Crippen molar-refractivity contribution in [2.75, 3.05) is 13.2 Å². The first-order valence-corrected chi connectivity index (χ1v) is 4.87. The van der Waals surface area contributed by atoms with Gasteiger partial charge in [-0.2, -0.15) is 0 Å². The Bertz CT molecular complexity index is 363. The van der Waals surface area contributed by atoms with Crippen LogP contribution >= 0.6 is 0 Å². The summed E-state index contributed by atoms with van der Waals surface area (Å²) in [5, 5.41) is 3.22. The van der Waals surface area contributed by atoms with Crippen LogP contribution in [0.25, 0.3) is 0 Å². The SMILES string of the molecule is NC(=O)c1cncc(OCC2CCN2)c1. The smallest absolute Gasteiger partial charge is 0.250 e. The molecule has 1 amide bonds. The fourth-order valence-corrected chi connectivity index (χ4v) is 1.32. The molecule has 0 bridgehead atoms. The minimum atomic E-state index is -0.491. The van der Waals surface area contributed by atoms with Crippen molar-refractivity contribution in [3.05, 3.63) is 24.0 Å². The summed E-state index contributed by atoms with van der Waals surface area (Å²) in [6, 6.07) is 2.02. The highest BCUT2D eigenvalue weighted by molar-refractivity contribution is 5.92. The molecule has 3 N–H and O–H groups in total. The van der Waals surface area contributed by atoms with Gasteiger partial charge in [-0.3, -0.25) is 9.78 Å². The number of pyridine rings is 1. The van der Waals surface area contributed by atoms with Crippen LogP contribution in [0, 0.1) is 0 Å². The summed E-state index contributed by atoms with van der Waals surface area (Å²) in [4.78, 5) is 14.8. The molecule has 5 heteroatoms. The number of hydrogen-bond acceptors (Lipinski definition) is 4. The number of hydrogen-bond donors (Lipinski definition) is 2. The van der Waals surface area contributed by atoms with Gasteiger partial charge in [0.25, 0.3) is 0 Å². The predicted octanol–water partition coefficient (Wildman–Crippen LogP) is -0.0788. The van der Waals surface area contributed by atoms with Gasteiger partial charge in [-0.05, 0) is 19.0 Å². The Labute approximate surface area is 87.6 Å². The maximum absolute atomic E-state index is 10.9. The lowest BCUT2D eigenvalue weighted by molar-refractivity contribution is 0.0999. The van der Waals surface area contributed by atoms with Crippen LogP contribution < -0.4 is 15.8 Å². The average Bonchev–Trinajstić information content (AvgIpc) is 2.16. The summed E-state index contributed by atoms with van der Waals surface area (Å²) in [5.41, 5.74) is 5.50. The molecule has 80 valence electrons. The Hall–Kier alpha value is -1.62. The molecule has 1 aliphatic rings. The van der Waals surface area contributed by atoms with Gasteiger partial charge < -0.3 is 15.8 Å². The van der Waals surface area contributed by atoms with Gasteiger partial charge in [-0.15, -0.1) is 0 Å². The summed E-state index contributed by atoms with van der Waals surface area (Å²) in [5.74, 6) is 0.0923. The molecule has 1 atom stereocenters. The van der Waals surface area contributed by atoms with E-state index in [-0.39, 0.29) is 0 Å². The largest absolute Gasteiger partial charge is 0.490 e. The second-order valence-corrected chi connectivity index (χ2v) is 3.52. The van der Waals surface area contributed by atoms with E-state index in [1.807, 2.05) is 0 Å². The van der Waals surface area contributed by atoms with Crippen molar-refractivity contribution in [1.82, 2.24) is 10.3 Å². The molecule has 2 heterocycles. The zero-order chi connectivity index (χ0) is 10.7. The Morgan fingerprint density at radius 1 is 1.67 bits per heavy atom. The average molecular weight is 207 g/mol. The normalized spacial score (nSPS) is 19.3. The highest BCUT2D eigenvalue weighted by Gasteiger charge is 2.16. The first-order chi connectivity index (χ1) is 7.25. The number of amides is 1. The van der Waals surface area contributed by atoms with Crippen molar-refractivity contribution in [3.63, 3.8) is 0 Å². The number of carbonyl (C=O) groups is 1. The molecule has 1 unspecified atom stereocenters. The summed E-state index contributed by atoms with van der Waals surface area (Å²) < 4.78 is 5.47. The molecule has 1 aliphatic heterocycles. The molecule has 1 aromatic rings. The first-order valence-electron chi connectivity index (χ1n) is 4.87. The Kier molecular flexibility index (Phi) is 2.82. The molecule has 0 spiro atoms. The third-order valence-electron chi connectivity index (χ3n) is 2.37. The van der Waals surface area contributed by atoms with Crippen molar-refractivity contribution in [3.8, 4) is 5.75 Å². The van der Waals surface area contributed by atoms with E-state index >= 15 is 0 Å². The predicted molar refractivity (Wildman–Crippen MR) is 54.7 cm³/mol. The molecule has 0 saturated carbocycles. The fraction of sp³-hybridized carbons (Fsp3) is 0.400. The van der Waals surface area contributed by atoms with E-state index in [1.165, 1.54) is 6.20 Å². The molecular formula is C10H13N3O2. The van der Waals surface area contributed by atoms with E-state index in [0.29, 0.717) is 24.0 Å². The molecule has 15 heavy (non-hydrogen) atoms. The Morgan fingerprint density at radius 3 is 3.07 bits per heavy atom. The van der Waals surface area contributed by atoms with Gasteiger partial charge in [-0.25, -0.2) is 0 Å². The van der Waals surface area contributed by atoms with Gasteiger partial charge in [0.2, 0.25) is 5.91 Å². The number of nitrogens with zero attached hydrogens (tertiary/aromatic N) is 1. The molecule has 0 aromatic carbocycles. The van der Waals surface area contributed by atoms with Crippen LogP contribution in [-0.4, -0.2) is 30.1 Å². The molecule has 5 nitrogen and oxygen atoms in total. The maximum atomic E-state index is 10.9. The van der Waals surface area contributed by atoms with E-state index in [1.54, 1.807) is 12.3 Å². The summed E-state index contributed by atoms with van der Waals surface area (Å²) in [6.45, 7) is 1.65. The van der Waals surface area contributed by atoms with Gasteiger partial charge in [0.1, 0.15) is 12.4 Å². The third-order valence-corrected chi connectivity index (χ3v) is 2.37. The van der Waals surface area contributed by atoms with E-state index in [9.17, 15) is 4.79 Å². The van der Waals surface area contributed by atoms with Gasteiger partial charge in [0.05, 0.1) is 11.8 Å². The number of aromatic nitrogens is 1. The Balaban J connectivity index is 1.94. The van der Waals surface area contributed by atoms with Crippen LogP contribution in [0.1, 0.15) is 16.8 Å². The van der Waals surface area contributed by atoms with Crippen LogP contribution in [0.3, 0.4) is 0 Å². The van der Waals surface area contributed by atoms with Gasteiger partial charge in [-0.1, -0.05) is 0 Å². The minimum Gasteiger partial charge on any atom is -0.490 e. The summed E-state index contributed by atoms with van der Waals surface area (Å²) in [7, 11) is 0.